The lowest BCUT2D eigenvalue weighted by Gasteiger charge is -2.34. The van der Waals surface area contributed by atoms with Crippen LogP contribution in [0, 0.1) is 5.41 Å². The number of methoxy groups -OCH3 is 2. The SMILES string of the molecule is COc1ccc(CNC2CCC(C)(C)CC2)cc1OC. The molecule has 0 amide bonds. The molecule has 1 N–H and O–H groups in total. The highest BCUT2D eigenvalue weighted by Crippen LogP contribution is 2.35. The summed E-state index contributed by atoms with van der Waals surface area (Å²) in [6, 6.07) is 6.77. The average Bonchev–Trinajstić information content (AvgIpc) is 2.45. The number of nitrogens with one attached hydrogen (secondary N) is 1. The van der Waals surface area contributed by atoms with E-state index in [-0.39, 0.29) is 0 Å². The summed E-state index contributed by atoms with van der Waals surface area (Å²) in [5, 5.41) is 3.67. The van der Waals surface area contributed by atoms with Crippen LogP contribution < -0.4 is 14.8 Å². The van der Waals surface area contributed by atoms with Gasteiger partial charge in [-0.2, -0.15) is 0 Å². The van der Waals surface area contributed by atoms with Crippen LogP contribution in [0.2, 0.25) is 0 Å². The molecule has 3 nitrogen and oxygen atoms in total. The van der Waals surface area contributed by atoms with Gasteiger partial charge in [0.1, 0.15) is 0 Å². The van der Waals surface area contributed by atoms with Gasteiger partial charge in [-0.25, -0.2) is 0 Å². The molecule has 0 heterocycles. The smallest absolute Gasteiger partial charge is 0.161 e. The van der Waals surface area contributed by atoms with E-state index in [1.165, 1.54) is 31.2 Å². The normalized spacial score (nSPS) is 18.8. The summed E-state index contributed by atoms with van der Waals surface area (Å²) < 4.78 is 10.6. The number of hydrogen-bond donors (Lipinski definition) is 1. The standard InChI is InChI=1S/C17H27NO2/c1-17(2)9-7-14(8-10-17)18-12-13-5-6-15(19-3)16(11-13)20-4/h5-6,11,14,18H,7-10,12H2,1-4H3. The zero-order valence-electron chi connectivity index (χ0n) is 13.2. The highest BCUT2D eigenvalue weighted by molar-refractivity contribution is 5.42. The molecule has 1 fully saturated rings. The molecule has 0 spiro atoms. The highest BCUT2D eigenvalue weighted by atomic mass is 16.5. The summed E-state index contributed by atoms with van der Waals surface area (Å²) in [5.41, 5.74) is 1.77. The zero-order valence-corrected chi connectivity index (χ0v) is 13.2. The van der Waals surface area contributed by atoms with Crippen LogP contribution in [0.15, 0.2) is 18.2 Å². The monoisotopic (exact) mass is 277 g/mol. The highest BCUT2D eigenvalue weighted by Gasteiger charge is 2.26. The van der Waals surface area contributed by atoms with Gasteiger partial charge in [-0.1, -0.05) is 19.9 Å². The molecule has 0 radical (unpaired) electrons. The van der Waals surface area contributed by atoms with Crippen molar-refractivity contribution in [3.8, 4) is 11.5 Å². The van der Waals surface area contributed by atoms with Crippen LogP contribution in [0.1, 0.15) is 45.1 Å². The summed E-state index contributed by atoms with van der Waals surface area (Å²) >= 11 is 0. The molecule has 1 aliphatic carbocycles. The fourth-order valence-corrected chi connectivity index (χ4v) is 2.86. The van der Waals surface area contributed by atoms with E-state index in [1.54, 1.807) is 14.2 Å². The molecule has 1 aliphatic rings. The Kier molecular flexibility index (Phi) is 4.92. The average molecular weight is 277 g/mol. The Labute approximate surface area is 122 Å². The van der Waals surface area contributed by atoms with Crippen molar-refractivity contribution in [3.63, 3.8) is 0 Å². The van der Waals surface area contributed by atoms with Crippen molar-refractivity contribution in [1.82, 2.24) is 5.32 Å². The maximum Gasteiger partial charge on any atom is 0.161 e. The molecule has 0 bridgehead atoms. The second kappa shape index (κ2) is 6.49. The Morgan fingerprint density at radius 3 is 2.35 bits per heavy atom. The molecule has 1 saturated carbocycles. The molecule has 0 aromatic heterocycles. The summed E-state index contributed by atoms with van der Waals surface area (Å²) in [7, 11) is 3.35. The first-order valence-corrected chi connectivity index (χ1v) is 7.48. The molecule has 1 aromatic carbocycles. The predicted molar refractivity (Wildman–Crippen MR) is 82.4 cm³/mol. The summed E-state index contributed by atoms with van der Waals surface area (Å²) in [6.07, 6.45) is 5.19. The first-order chi connectivity index (χ1) is 9.54. The maximum atomic E-state index is 5.34. The third kappa shape index (κ3) is 3.89. The molecule has 3 heteroatoms. The fraction of sp³-hybridized carbons (Fsp3) is 0.647. The van der Waals surface area contributed by atoms with Crippen LogP contribution in [0.3, 0.4) is 0 Å². The van der Waals surface area contributed by atoms with Crippen molar-refractivity contribution in [2.45, 2.75) is 52.1 Å². The minimum atomic E-state index is 0.529. The van der Waals surface area contributed by atoms with Crippen molar-refractivity contribution in [1.29, 1.82) is 0 Å². The number of benzene rings is 1. The lowest BCUT2D eigenvalue weighted by atomic mass is 9.75. The molecular formula is C17H27NO2. The first kappa shape index (κ1) is 15.2. The van der Waals surface area contributed by atoms with Crippen LogP contribution in [-0.4, -0.2) is 20.3 Å². The Bertz CT molecular complexity index is 433. The molecule has 0 saturated heterocycles. The fourth-order valence-electron chi connectivity index (χ4n) is 2.86. The van der Waals surface area contributed by atoms with Crippen LogP contribution in [0.5, 0.6) is 11.5 Å². The van der Waals surface area contributed by atoms with Crippen LogP contribution >= 0.6 is 0 Å². The second-order valence-corrected chi connectivity index (χ2v) is 6.51. The van der Waals surface area contributed by atoms with Crippen molar-refractivity contribution in [2.24, 2.45) is 5.41 Å². The third-order valence-corrected chi connectivity index (χ3v) is 4.38. The van der Waals surface area contributed by atoms with Crippen molar-refractivity contribution in [2.75, 3.05) is 14.2 Å². The maximum absolute atomic E-state index is 5.34. The quantitative estimate of drug-likeness (QED) is 0.889. The predicted octanol–water partition coefficient (Wildman–Crippen LogP) is 3.76. The van der Waals surface area contributed by atoms with Gasteiger partial charge in [0.25, 0.3) is 0 Å². The molecule has 0 aliphatic heterocycles. The first-order valence-electron chi connectivity index (χ1n) is 7.48. The largest absolute Gasteiger partial charge is 0.493 e. The number of rotatable bonds is 5. The van der Waals surface area contributed by atoms with Gasteiger partial charge >= 0.3 is 0 Å². The van der Waals surface area contributed by atoms with Crippen LogP contribution in [0.25, 0.3) is 0 Å². The minimum Gasteiger partial charge on any atom is -0.493 e. The molecule has 2 rings (SSSR count). The summed E-state index contributed by atoms with van der Waals surface area (Å²) in [5.74, 6) is 1.59. The Balaban J connectivity index is 1.88. The van der Waals surface area contributed by atoms with Gasteiger partial charge in [0.05, 0.1) is 14.2 Å². The molecule has 0 atom stereocenters. The van der Waals surface area contributed by atoms with Gasteiger partial charge in [-0.15, -0.1) is 0 Å². The van der Waals surface area contributed by atoms with Crippen LogP contribution in [-0.2, 0) is 6.54 Å². The second-order valence-electron chi connectivity index (χ2n) is 6.51. The van der Waals surface area contributed by atoms with Gasteiger partial charge in [-0.05, 0) is 48.8 Å². The van der Waals surface area contributed by atoms with Gasteiger partial charge in [-0.3, -0.25) is 0 Å². The molecule has 0 unspecified atom stereocenters. The van der Waals surface area contributed by atoms with E-state index < -0.39 is 0 Å². The van der Waals surface area contributed by atoms with Crippen molar-refractivity contribution >= 4 is 0 Å². The van der Waals surface area contributed by atoms with Gasteiger partial charge in [0, 0.05) is 12.6 Å². The van der Waals surface area contributed by atoms with Crippen molar-refractivity contribution in [3.05, 3.63) is 23.8 Å². The van der Waals surface area contributed by atoms with Crippen LogP contribution in [0.4, 0.5) is 0 Å². The lowest BCUT2D eigenvalue weighted by Crippen LogP contribution is -2.35. The van der Waals surface area contributed by atoms with Crippen molar-refractivity contribution < 1.29 is 9.47 Å². The van der Waals surface area contributed by atoms with Gasteiger partial charge in [0.2, 0.25) is 0 Å². The lowest BCUT2D eigenvalue weighted by molar-refractivity contribution is 0.206. The van der Waals surface area contributed by atoms with E-state index in [0.29, 0.717) is 11.5 Å². The zero-order chi connectivity index (χ0) is 14.6. The third-order valence-electron chi connectivity index (χ3n) is 4.38. The van der Waals surface area contributed by atoms with Gasteiger partial charge < -0.3 is 14.8 Å². The van der Waals surface area contributed by atoms with E-state index >= 15 is 0 Å². The number of ether oxygens (including phenoxy) is 2. The van der Waals surface area contributed by atoms with E-state index in [2.05, 4.69) is 31.3 Å². The Hall–Kier alpha value is -1.22. The molecule has 20 heavy (non-hydrogen) atoms. The Morgan fingerprint density at radius 2 is 1.75 bits per heavy atom. The minimum absolute atomic E-state index is 0.529. The van der Waals surface area contributed by atoms with Gasteiger partial charge in [0.15, 0.2) is 11.5 Å². The molecular weight excluding hydrogens is 250 g/mol. The summed E-state index contributed by atoms with van der Waals surface area (Å²) in [4.78, 5) is 0. The van der Waals surface area contributed by atoms with E-state index in [1.807, 2.05) is 6.07 Å². The summed E-state index contributed by atoms with van der Waals surface area (Å²) in [6.45, 7) is 5.64. The molecule has 1 aromatic rings. The van der Waals surface area contributed by atoms with E-state index in [9.17, 15) is 0 Å². The molecule has 112 valence electrons. The topological polar surface area (TPSA) is 30.5 Å². The number of hydrogen-bond acceptors (Lipinski definition) is 3. The Morgan fingerprint density at radius 1 is 1.10 bits per heavy atom. The van der Waals surface area contributed by atoms with E-state index in [0.717, 1.165) is 18.0 Å². The van der Waals surface area contributed by atoms with E-state index in [4.69, 9.17) is 9.47 Å².